The molecule has 1 heterocycles. The first-order valence-corrected chi connectivity index (χ1v) is 9.88. The maximum absolute atomic E-state index is 12.8. The van der Waals surface area contributed by atoms with Crippen molar-refractivity contribution in [3.05, 3.63) is 65.2 Å². The molecule has 0 bridgehead atoms. The molecule has 27 heavy (non-hydrogen) atoms. The van der Waals surface area contributed by atoms with E-state index < -0.39 is 6.04 Å². The van der Waals surface area contributed by atoms with Gasteiger partial charge in [-0.2, -0.15) is 0 Å². The summed E-state index contributed by atoms with van der Waals surface area (Å²) in [5, 5.41) is 12.3. The van der Waals surface area contributed by atoms with Gasteiger partial charge in [0.05, 0.1) is 0 Å². The number of thioether (sulfide) groups is 1. The predicted molar refractivity (Wildman–Crippen MR) is 110 cm³/mol. The quantitative estimate of drug-likeness (QED) is 0.573. The minimum absolute atomic E-state index is 0.173. The van der Waals surface area contributed by atoms with Gasteiger partial charge in [0, 0.05) is 16.5 Å². The van der Waals surface area contributed by atoms with Crippen molar-refractivity contribution in [3.63, 3.8) is 0 Å². The fourth-order valence-electron chi connectivity index (χ4n) is 2.65. The molecule has 0 aliphatic heterocycles. The zero-order chi connectivity index (χ0) is 19.2. The van der Waals surface area contributed by atoms with Crippen LogP contribution in [-0.4, -0.2) is 20.7 Å². The number of nitrogens with zero attached hydrogens (tertiary/aromatic N) is 3. The van der Waals surface area contributed by atoms with Gasteiger partial charge in [-0.15, -0.1) is 10.2 Å². The maximum atomic E-state index is 12.8. The Kier molecular flexibility index (Phi) is 6.36. The number of carbonyl (C=O) groups is 1. The first kappa shape index (κ1) is 19.3. The second-order valence-corrected chi connectivity index (χ2v) is 7.28. The molecule has 8 heteroatoms. The topological polar surface area (TPSA) is 85.8 Å². The third-order valence-electron chi connectivity index (χ3n) is 4.01. The number of amides is 1. The molecular weight excluding hydrogens is 382 g/mol. The highest BCUT2D eigenvalue weighted by molar-refractivity contribution is 7.98. The van der Waals surface area contributed by atoms with Crippen LogP contribution < -0.4 is 11.1 Å². The second-order valence-electron chi connectivity index (χ2n) is 5.91. The number of nitrogen functional groups attached to an aromatic ring is 1. The van der Waals surface area contributed by atoms with E-state index in [0.29, 0.717) is 28.0 Å². The van der Waals surface area contributed by atoms with Gasteiger partial charge in [0.25, 0.3) is 0 Å². The van der Waals surface area contributed by atoms with Gasteiger partial charge < -0.3 is 11.1 Å². The first-order valence-electron chi connectivity index (χ1n) is 8.52. The number of hydrogen-bond donors (Lipinski definition) is 2. The smallest absolute Gasteiger partial charge is 0.247 e. The summed E-state index contributed by atoms with van der Waals surface area (Å²) in [6.07, 6.45) is 0.556. The number of benzene rings is 2. The van der Waals surface area contributed by atoms with E-state index in [1.54, 1.807) is 28.8 Å². The predicted octanol–water partition coefficient (Wildman–Crippen LogP) is 4.40. The number of carbonyl (C=O) groups excluding carboxylic acids is 1. The molecule has 1 atom stereocenters. The van der Waals surface area contributed by atoms with Crippen molar-refractivity contribution in [3.8, 4) is 0 Å². The molecule has 6 nitrogen and oxygen atoms in total. The van der Waals surface area contributed by atoms with Gasteiger partial charge in [-0.1, -0.05) is 60.6 Å². The summed E-state index contributed by atoms with van der Waals surface area (Å²) in [7, 11) is 0. The molecule has 3 aromatic rings. The monoisotopic (exact) mass is 401 g/mol. The molecule has 0 fully saturated rings. The molecule has 140 valence electrons. The van der Waals surface area contributed by atoms with Crippen molar-refractivity contribution >= 4 is 40.9 Å². The lowest BCUT2D eigenvalue weighted by atomic mass is 10.2. The van der Waals surface area contributed by atoms with Gasteiger partial charge in [-0.05, 0) is 36.2 Å². The lowest BCUT2D eigenvalue weighted by Gasteiger charge is -2.19. The van der Waals surface area contributed by atoms with Crippen molar-refractivity contribution in [2.45, 2.75) is 30.3 Å². The molecule has 0 saturated heterocycles. The highest BCUT2D eigenvalue weighted by atomic mass is 35.5. The minimum atomic E-state index is -0.506. The highest BCUT2D eigenvalue weighted by Gasteiger charge is 2.25. The Morgan fingerprint density at radius 3 is 2.56 bits per heavy atom. The third-order valence-corrected chi connectivity index (χ3v) is 5.28. The van der Waals surface area contributed by atoms with Crippen LogP contribution in [0, 0.1) is 0 Å². The van der Waals surface area contributed by atoms with Gasteiger partial charge in [-0.3, -0.25) is 9.36 Å². The van der Waals surface area contributed by atoms with Crippen LogP contribution in [0.1, 0.15) is 24.9 Å². The highest BCUT2D eigenvalue weighted by Crippen LogP contribution is 2.28. The van der Waals surface area contributed by atoms with Crippen molar-refractivity contribution in [1.29, 1.82) is 0 Å². The second kappa shape index (κ2) is 8.92. The van der Waals surface area contributed by atoms with E-state index in [4.69, 9.17) is 17.3 Å². The zero-order valence-corrected chi connectivity index (χ0v) is 16.4. The number of hydrogen-bond acceptors (Lipinski definition) is 5. The normalized spacial score (nSPS) is 11.9. The maximum Gasteiger partial charge on any atom is 0.247 e. The van der Waals surface area contributed by atoms with Crippen LogP contribution >= 0.6 is 23.4 Å². The standard InChI is InChI=1S/C19H20ClN5OS/c1-2-16(17(26)22-15-10-8-14(20)9-11-15)25-18(21)23-24-19(25)27-12-13-6-4-3-5-7-13/h3-11,16H,2,12H2,1H3,(H2,21,23)(H,22,26). The van der Waals surface area contributed by atoms with E-state index >= 15 is 0 Å². The van der Waals surface area contributed by atoms with Crippen LogP contribution in [0.25, 0.3) is 0 Å². The average molecular weight is 402 g/mol. The lowest BCUT2D eigenvalue weighted by Crippen LogP contribution is -2.27. The minimum Gasteiger partial charge on any atom is -0.368 e. The number of rotatable bonds is 7. The molecule has 0 spiro atoms. The van der Waals surface area contributed by atoms with E-state index in [-0.39, 0.29) is 11.9 Å². The molecule has 0 aliphatic carbocycles. The average Bonchev–Trinajstić information content (AvgIpc) is 3.04. The van der Waals surface area contributed by atoms with Crippen LogP contribution in [0.4, 0.5) is 11.6 Å². The van der Waals surface area contributed by atoms with Gasteiger partial charge >= 0.3 is 0 Å². The van der Waals surface area contributed by atoms with Gasteiger partial charge in [0.15, 0.2) is 5.16 Å². The van der Waals surface area contributed by atoms with E-state index in [1.807, 2.05) is 37.3 Å². The Balaban J connectivity index is 1.77. The largest absolute Gasteiger partial charge is 0.368 e. The van der Waals surface area contributed by atoms with Crippen LogP contribution in [0.2, 0.25) is 5.02 Å². The summed E-state index contributed by atoms with van der Waals surface area (Å²) in [6.45, 7) is 1.93. The number of aromatic nitrogens is 3. The molecule has 0 radical (unpaired) electrons. The van der Waals surface area contributed by atoms with E-state index in [0.717, 1.165) is 5.56 Å². The lowest BCUT2D eigenvalue weighted by molar-refractivity contribution is -0.119. The molecule has 1 aromatic heterocycles. The molecule has 2 aromatic carbocycles. The summed E-state index contributed by atoms with van der Waals surface area (Å²) in [5.74, 6) is 0.769. The Morgan fingerprint density at radius 1 is 1.19 bits per heavy atom. The summed E-state index contributed by atoms with van der Waals surface area (Å²) >= 11 is 7.40. The fraction of sp³-hybridized carbons (Fsp3) is 0.211. The van der Waals surface area contributed by atoms with E-state index in [9.17, 15) is 4.79 Å². The van der Waals surface area contributed by atoms with Crippen LogP contribution in [0.5, 0.6) is 0 Å². The Labute approximate surface area is 167 Å². The number of anilines is 2. The fourth-order valence-corrected chi connectivity index (χ4v) is 3.72. The zero-order valence-electron chi connectivity index (χ0n) is 14.8. The SMILES string of the molecule is CCC(C(=O)Nc1ccc(Cl)cc1)n1c(N)nnc1SCc1ccccc1. The van der Waals surface area contributed by atoms with Crippen molar-refractivity contribution in [2.75, 3.05) is 11.1 Å². The Morgan fingerprint density at radius 2 is 1.89 bits per heavy atom. The first-order chi connectivity index (χ1) is 13.1. The van der Waals surface area contributed by atoms with Crippen molar-refractivity contribution in [2.24, 2.45) is 0 Å². The third kappa shape index (κ3) is 4.81. The summed E-state index contributed by atoms with van der Waals surface area (Å²) < 4.78 is 1.69. The van der Waals surface area contributed by atoms with Crippen LogP contribution in [0.3, 0.4) is 0 Å². The molecule has 3 N–H and O–H groups in total. The van der Waals surface area contributed by atoms with Crippen LogP contribution in [0.15, 0.2) is 59.8 Å². The van der Waals surface area contributed by atoms with Gasteiger partial charge in [-0.25, -0.2) is 0 Å². The van der Waals surface area contributed by atoms with Gasteiger partial charge in [0.1, 0.15) is 6.04 Å². The molecule has 1 unspecified atom stereocenters. The summed E-state index contributed by atoms with van der Waals surface area (Å²) in [5.41, 5.74) is 7.85. The molecule has 3 rings (SSSR count). The Hall–Kier alpha value is -2.51. The van der Waals surface area contributed by atoms with Crippen LogP contribution in [-0.2, 0) is 10.5 Å². The number of nitrogens with one attached hydrogen (secondary N) is 1. The molecule has 1 amide bonds. The van der Waals surface area contributed by atoms with Crippen molar-refractivity contribution in [1.82, 2.24) is 14.8 Å². The number of nitrogens with two attached hydrogens (primary N) is 1. The van der Waals surface area contributed by atoms with Crippen molar-refractivity contribution < 1.29 is 4.79 Å². The Bertz CT molecular complexity index is 898. The van der Waals surface area contributed by atoms with Gasteiger partial charge in [0.2, 0.25) is 11.9 Å². The summed E-state index contributed by atoms with van der Waals surface area (Å²) in [4.78, 5) is 12.8. The van der Waals surface area contributed by atoms with E-state index in [2.05, 4.69) is 15.5 Å². The van der Waals surface area contributed by atoms with E-state index in [1.165, 1.54) is 11.8 Å². The molecule has 0 saturated carbocycles. The molecular formula is C19H20ClN5OS. The molecule has 0 aliphatic rings. The summed E-state index contributed by atoms with van der Waals surface area (Å²) in [6, 6.07) is 16.5. The number of halogens is 1.